The number of hydrogen-bond acceptors (Lipinski definition) is 4. The molecule has 0 spiro atoms. The second-order valence-electron chi connectivity index (χ2n) is 6.16. The lowest BCUT2D eigenvalue weighted by Gasteiger charge is -2.10. The number of nitrogens with zero attached hydrogens (tertiary/aromatic N) is 2. The SMILES string of the molecule is CCc1ccc(Nc2cc(C)nc(NCCc3ccccc3F)n2)cc1. The summed E-state index contributed by atoms with van der Waals surface area (Å²) in [5.74, 6) is 1.08. The molecule has 0 aliphatic carbocycles. The van der Waals surface area contributed by atoms with E-state index in [1.165, 1.54) is 11.6 Å². The van der Waals surface area contributed by atoms with Gasteiger partial charge in [0.1, 0.15) is 11.6 Å². The molecule has 0 saturated carbocycles. The highest BCUT2D eigenvalue weighted by atomic mass is 19.1. The molecule has 26 heavy (non-hydrogen) atoms. The second-order valence-corrected chi connectivity index (χ2v) is 6.16. The van der Waals surface area contributed by atoms with Gasteiger partial charge in [-0.05, 0) is 49.1 Å². The van der Waals surface area contributed by atoms with Gasteiger partial charge in [-0.1, -0.05) is 37.3 Å². The maximum atomic E-state index is 13.7. The van der Waals surface area contributed by atoms with E-state index in [2.05, 4.69) is 39.7 Å². The van der Waals surface area contributed by atoms with Gasteiger partial charge in [0, 0.05) is 24.0 Å². The third-order valence-electron chi connectivity index (χ3n) is 4.12. The zero-order valence-corrected chi connectivity index (χ0v) is 15.1. The third kappa shape index (κ3) is 4.79. The normalized spacial score (nSPS) is 10.6. The minimum absolute atomic E-state index is 0.183. The van der Waals surface area contributed by atoms with Gasteiger partial charge in [0.15, 0.2) is 0 Å². The summed E-state index contributed by atoms with van der Waals surface area (Å²) in [6.07, 6.45) is 1.59. The van der Waals surface area contributed by atoms with E-state index in [0.29, 0.717) is 24.5 Å². The summed E-state index contributed by atoms with van der Waals surface area (Å²) in [5, 5.41) is 6.48. The second kappa shape index (κ2) is 8.43. The molecule has 3 aromatic rings. The lowest BCUT2D eigenvalue weighted by molar-refractivity contribution is 0.610. The monoisotopic (exact) mass is 350 g/mol. The van der Waals surface area contributed by atoms with Crippen LogP contribution in [0.25, 0.3) is 0 Å². The molecule has 5 heteroatoms. The largest absolute Gasteiger partial charge is 0.354 e. The zero-order chi connectivity index (χ0) is 18.4. The maximum Gasteiger partial charge on any atom is 0.224 e. The van der Waals surface area contributed by atoms with Crippen molar-refractivity contribution < 1.29 is 4.39 Å². The van der Waals surface area contributed by atoms with Crippen LogP contribution >= 0.6 is 0 Å². The van der Waals surface area contributed by atoms with Crippen LogP contribution in [0.15, 0.2) is 54.6 Å². The Bertz CT molecular complexity index is 862. The van der Waals surface area contributed by atoms with Crippen LogP contribution in [0.4, 0.5) is 21.8 Å². The van der Waals surface area contributed by atoms with E-state index in [1.807, 2.05) is 31.2 Å². The minimum atomic E-state index is -0.183. The topological polar surface area (TPSA) is 49.8 Å². The highest BCUT2D eigenvalue weighted by Crippen LogP contribution is 2.18. The average molecular weight is 350 g/mol. The van der Waals surface area contributed by atoms with Crippen LogP contribution in [0.1, 0.15) is 23.7 Å². The van der Waals surface area contributed by atoms with Crippen molar-refractivity contribution in [2.24, 2.45) is 0 Å². The molecule has 1 heterocycles. The Balaban J connectivity index is 1.64. The van der Waals surface area contributed by atoms with Crippen LogP contribution in [-0.4, -0.2) is 16.5 Å². The first-order chi connectivity index (χ1) is 12.6. The quantitative estimate of drug-likeness (QED) is 0.637. The first-order valence-corrected chi connectivity index (χ1v) is 8.83. The number of halogens is 1. The summed E-state index contributed by atoms with van der Waals surface area (Å²) in [4.78, 5) is 8.90. The molecule has 1 aromatic heterocycles. The van der Waals surface area contributed by atoms with E-state index >= 15 is 0 Å². The van der Waals surface area contributed by atoms with Gasteiger partial charge in [-0.3, -0.25) is 0 Å². The fraction of sp³-hybridized carbons (Fsp3) is 0.238. The van der Waals surface area contributed by atoms with Crippen molar-refractivity contribution >= 4 is 17.5 Å². The van der Waals surface area contributed by atoms with Crippen LogP contribution in [0.3, 0.4) is 0 Å². The van der Waals surface area contributed by atoms with Gasteiger partial charge in [-0.2, -0.15) is 4.98 Å². The number of aryl methyl sites for hydroxylation is 2. The molecule has 0 unspecified atom stereocenters. The molecule has 0 radical (unpaired) electrons. The first kappa shape index (κ1) is 17.9. The van der Waals surface area contributed by atoms with Crippen molar-refractivity contribution in [2.45, 2.75) is 26.7 Å². The van der Waals surface area contributed by atoms with Crippen molar-refractivity contribution in [3.8, 4) is 0 Å². The standard InChI is InChI=1S/C21H23FN4/c1-3-16-8-10-18(11-9-16)25-20-14-15(2)24-21(26-20)23-13-12-17-6-4-5-7-19(17)22/h4-11,14H,3,12-13H2,1-2H3,(H2,23,24,25,26). The number of benzene rings is 2. The zero-order valence-electron chi connectivity index (χ0n) is 15.1. The molecular formula is C21H23FN4. The summed E-state index contributed by atoms with van der Waals surface area (Å²) in [5.41, 5.74) is 3.82. The lowest BCUT2D eigenvalue weighted by Crippen LogP contribution is -2.10. The van der Waals surface area contributed by atoms with Crippen LogP contribution in [-0.2, 0) is 12.8 Å². The van der Waals surface area contributed by atoms with E-state index in [4.69, 9.17) is 0 Å². The number of aromatic nitrogens is 2. The van der Waals surface area contributed by atoms with Gasteiger partial charge in [0.05, 0.1) is 0 Å². The Kier molecular flexibility index (Phi) is 5.79. The Morgan fingerprint density at radius 2 is 1.77 bits per heavy atom. The van der Waals surface area contributed by atoms with Crippen molar-refractivity contribution in [3.63, 3.8) is 0 Å². The molecule has 0 fully saturated rings. The van der Waals surface area contributed by atoms with Crippen LogP contribution in [0.5, 0.6) is 0 Å². The van der Waals surface area contributed by atoms with Gasteiger partial charge in [-0.25, -0.2) is 9.37 Å². The van der Waals surface area contributed by atoms with Crippen molar-refractivity contribution in [3.05, 3.63) is 77.2 Å². The molecule has 134 valence electrons. The van der Waals surface area contributed by atoms with Crippen LogP contribution < -0.4 is 10.6 Å². The summed E-state index contributed by atoms with van der Waals surface area (Å²) < 4.78 is 13.7. The maximum absolute atomic E-state index is 13.7. The third-order valence-corrected chi connectivity index (χ3v) is 4.12. The molecule has 0 atom stereocenters. The fourth-order valence-electron chi connectivity index (χ4n) is 2.69. The number of nitrogens with one attached hydrogen (secondary N) is 2. The number of rotatable bonds is 7. The van der Waals surface area contributed by atoms with Gasteiger partial charge in [0.25, 0.3) is 0 Å². The van der Waals surface area contributed by atoms with Gasteiger partial charge >= 0.3 is 0 Å². The molecule has 2 N–H and O–H groups in total. The molecule has 0 amide bonds. The predicted molar refractivity (Wildman–Crippen MR) is 104 cm³/mol. The molecule has 2 aromatic carbocycles. The summed E-state index contributed by atoms with van der Waals surface area (Å²) in [6, 6.07) is 17.0. The first-order valence-electron chi connectivity index (χ1n) is 8.83. The van der Waals surface area contributed by atoms with E-state index in [1.54, 1.807) is 12.1 Å². The summed E-state index contributed by atoms with van der Waals surface area (Å²) in [7, 11) is 0. The average Bonchev–Trinajstić information content (AvgIpc) is 2.63. The summed E-state index contributed by atoms with van der Waals surface area (Å²) in [6.45, 7) is 4.62. The smallest absolute Gasteiger partial charge is 0.224 e. The van der Waals surface area contributed by atoms with Gasteiger partial charge < -0.3 is 10.6 Å². The fourth-order valence-corrected chi connectivity index (χ4v) is 2.69. The Labute approximate surface area is 153 Å². The Morgan fingerprint density at radius 3 is 2.50 bits per heavy atom. The van der Waals surface area contributed by atoms with Crippen molar-refractivity contribution in [2.75, 3.05) is 17.2 Å². The van der Waals surface area contributed by atoms with E-state index in [0.717, 1.165) is 23.6 Å². The Hall–Kier alpha value is -2.95. The summed E-state index contributed by atoms with van der Waals surface area (Å²) >= 11 is 0. The highest BCUT2D eigenvalue weighted by molar-refractivity contribution is 5.58. The molecule has 0 aliphatic rings. The van der Waals surface area contributed by atoms with Crippen LogP contribution in [0.2, 0.25) is 0 Å². The van der Waals surface area contributed by atoms with Crippen molar-refractivity contribution in [1.82, 2.24) is 9.97 Å². The van der Waals surface area contributed by atoms with E-state index in [-0.39, 0.29) is 5.82 Å². The number of hydrogen-bond donors (Lipinski definition) is 2. The molecule has 0 saturated heterocycles. The molecule has 0 aliphatic heterocycles. The Morgan fingerprint density at radius 1 is 1.00 bits per heavy atom. The molecule has 0 bridgehead atoms. The van der Waals surface area contributed by atoms with Crippen molar-refractivity contribution in [1.29, 1.82) is 0 Å². The minimum Gasteiger partial charge on any atom is -0.354 e. The van der Waals surface area contributed by atoms with Crippen LogP contribution in [0, 0.1) is 12.7 Å². The van der Waals surface area contributed by atoms with E-state index in [9.17, 15) is 4.39 Å². The highest BCUT2D eigenvalue weighted by Gasteiger charge is 2.05. The molecule has 3 rings (SSSR count). The lowest BCUT2D eigenvalue weighted by atomic mass is 10.1. The van der Waals surface area contributed by atoms with Gasteiger partial charge in [-0.15, -0.1) is 0 Å². The number of anilines is 3. The van der Waals surface area contributed by atoms with E-state index < -0.39 is 0 Å². The predicted octanol–water partition coefficient (Wildman–Crippen LogP) is 4.88. The molecule has 4 nitrogen and oxygen atoms in total. The van der Waals surface area contributed by atoms with Gasteiger partial charge in [0.2, 0.25) is 5.95 Å². The molecular weight excluding hydrogens is 327 g/mol.